The van der Waals surface area contributed by atoms with E-state index in [1.54, 1.807) is 0 Å². The largest absolute Gasteiger partial charge is 0.381 e. The molecule has 0 aliphatic rings. The molecule has 0 radical (unpaired) electrons. The van der Waals surface area contributed by atoms with Crippen LogP contribution < -0.4 is 0 Å². The molecule has 0 aliphatic carbocycles. The lowest BCUT2D eigenvalue weighted by Crippen LogP contribution is -2.31. The first-order valence-corrected chi connectivity index (χ1v) is 5.47. The van der Waals surface area contributed by atoms with Crippen LogP contribution in [-0.2, 0) is 9.53 Å². The second-order valence-corrected chi connectivity index (χ2v) is 3.78. The summed E-state index contributed by atoms with van der Waals surface area (Å²) >= 11 is 0. The Balaban J connectivity index is 3.52. The summed E-state index contributed by atoms with van der Waals surface area (Å²) in [5, 5.41) is 0. The lowest BCUT2D eigenvalue weighted by atomic mass is 10.2. The van der Waals surface area contributed by atoms with Gasteiger partial charge in [-0.05, 0) is 19.8 Å². The Morgan fingerprint density at radius 1 is 1.29 bits per heavy atom. The van der Waals surface area contributed by atoms with Crippen molar-refractivity contribution in [2.45, 2.75) is 34.1 Å². The zero-order valence-electron chi connectivity index (χ0n) is 9.88. The number of rotatable bonds is 7. The summed E-state index contributed by atoms with van der Waals surface area (Å²) in [5.74, 6) is 0.734. The van der Waals surface area contributed by atoms with Crippen LogP contribution in [0.4, 0.5) is 0 Å². The van der Waals surface area contributed by atoms with Gasteiger partial charge in [0.2, 0.25) is 5.91 Å². The molecule has 3 nitrogen and oxygen atoms in total. The Kier molecular flexibility index (Phi) is 7.48. The second-order valence-electron chi connectivity index (χ2n) is 3.78. The van der Waals surface area contributed by atoms with E-state index in [1.807, 2.05) is 18.7 Å². The number of carbonyl (C=O) groups excluding carboxylic acids is 1. The number of carbonyl (C=O) groups is 1. The number of nitrogens with zero attached hydrogens (tertiary/aromatic N) is 1. The first kappa shape index (κ1) is 13.4. The number of hydrogen-bond acceptors (Lipinski definition) is 2. The molecule has 1 amide bonds. The highest BCUT2D eigenvalue weighted by Gasteiger charge is 2.08. The molecular weight excluding hydrogens is 178 g/mol. The van der Waals surface area contributed by atoms with Gasteiger partial charge in [0, 0.05) is 19.7 Å². The van der Waals surface area contributed by atoms with Crippen LogP contribution in [0.2, 0.25) is 0 Å². The third-order valence-corrected chi connectivity index (χ3v) is 2.03. The van der Waals surface area contributed by atoms with Crippen molar-refractivity contribution in [1.82, 2.24) is 4.90 Å². The minimum Gasteiger partial charge on any atom is -0.381 e. The topological polar surface area (TPSA) is 29.5 Å². The summed E-state index contributed by atoms with van der Waals surface area (Å²) in [4.78, 5) is 13.3. The molecule has 0 aromatic carbocycles. The average molecular weight is 201 g/mol. The van der Waals surface area contributed by atoms with Crippen molar-refractivity contribution in [3.8, 4) is 0 Å². The summed E-state index contributed by atoms with van der Waals surface area (Å²) in [6.07, 6.45) is 0.508. The maximum absolute atomic E-state index is 11.5. The van der Waals surface area contributed by atoms with Gasteiger partial charge in [0.1, 0.15) is 0 Å². The molecule has 0 fully saturated rings. The minimum atomic E-state index is 0.193. The Hall–Kier alpha value is -0.570. The summed E-state index contributed by atoms with van der Waals surface area (Å²) in [6.45, 7) is 11.1. The zero-order valence-corrected chi connectivity index (χ0v) is 9.88. The molecule has 0 saturated carbocycles. The van der Waals surface area contributed by atoms with Crippen LogP contribution in [0.15, 0.2) is 0 Å². The van der Waals surface area contributed by atoms with Gasteiger partial charge in [-0.2, -0.15) is 0 Å². The Morgan fingerprint density at radius 2 is 1.86 bits per heavy atom. The smallest absolute Gasteiger partial charge is 0.224 e. The Bertz CT molecular complexity index is 153. The molecule has 0 N–H and O–H groups in total. The summed E-state index contributed by atoms with van der Waals surface area (Å²) in [5.41, 5.74) is 0. The first-order valence-electron chi connectivity index (χ1n) is 5.47. The molecule has 0 aromatic heterocycles. The summed E-state index contributed by atoms with van der Waals surface area (Å²) in [6, 6.07) is 0. The molecule has 0 bridgehead atoms. The van der Waals surface area contributed by atoms with Gasteiger partial charge in [-0.1, -0.05) is 13.8 Å². The van der Waals surface area contributed by atoms with Crippen LogP contribution in [0.3, 0.4) is 0 Å². The number of amides is 1. The fraction of sp³-hybridized carbons (Fsp3) is 0.909. The maximum atomic E-state index is 11.5. The summed E-state index contributed by atoms with van der Waals surface area (Å²) < 4.78 is 5.36. The number of hydrogen-bond donors (Lipinski definition) is 0. The molecule has 0 aliphatic heterocycles. The van der Waals surface area contributed by atoms with Gasteiger partial charge in [0.05, 0.1) is 13.0 Å². The van der Waals surface area contributed by atoms with Crippen LogP contribution in [0.5, 0.6) is 0 Å². The highest BCUT2D eigenvalue weighted by molar-refractivity contribution is 5.76. The van der Waals surface area contributed by atoms with Gasteiger partial charge < -0.3 is 9.64 Å². The third-order valence-electron chi connectivity index (χ3n) is 2.03. The van der Waals surface area contributed by atoms with E-state index in [1.165, 1.54) is 0 Å². The van der Waals surface area contributed by atoms with E-state index in [-0.39, 0.29) is 5.91 Å². The van der Waals surface area contributed by atoms with Crippen LogP contribution in [0.1, 0.15) is 34.1 Å². The standard InChI is InChI=1S/C11H23NO2/c1-5-12(6-2)11(13)7-8-14-9-10(3)4/h10H,5-9H2,1-4H3. The fourth-order valence-electron chi connectivity index (χ4n) is 1.21. The van der Waals surface area contributed by atoms with Crippen molar-refractivity contribution >= 4 is 5.91 Å². The van der Waals surface area contributed by atoms with E-state index in [0.717, 1.165) is 19.7 Å². The van der Waals surface area contributed by atoms with Crippen LogP contribution in [0.25, 0.3) is 0 Å². The van der Waals surface area contributed by atoms with Crippen LogP contribution >= 0.6 is 0 Å². The van der Waals surface area contributed by atoms with E-state index < -0.39 is 0 Å². The molecule has 0 spiro atoms. The molecular formula is C11H23NO2. The first-order chi connectivity index (χ1) is 6.61. The lowest BCUT2D eigenvalue weighted by Gasteiger charge is -2.18. The van der Waals surface area contributed by atoms with Crippen molar-refractivity contribution in [2.24, 2.45) is 5.92 Å². The maximum Gasteiger partial charge on any atom is 0.224 e. The quantitative estimate of drug-likeness (QED) is 0.589. The second kappa shape index (κ2) is 7.80. The molecule has 0 heterocycles. The van der Waals surface area contributed by atoms with Crippen LogP contribution in [-0.4, -0.2) is 37.1 Å². The average Bonchev–Trinajstić information content (AvgIpc) is 2.14. The molecule has 0 unspecified atom stereocenters. The van der Waals surface area contributed by atoms with Crippen molar-refractivity contribution in [2.75, 3.05) is 26.3 Å². The van der Waals surface area contributed by atoms with Gasteiger partial charge in [-0.15, -0.1) is 0 Å². The molecule has 0 atom stereocenters. The van der Waals surface area contributed by atoms with E-state index in [2.05, 4.69) is 13.8 Å². The normalized spacial score (nSPS) is 10.6. The highest BCUT2D eigenvalue weighted by Crippen LogP contribution is 1.97. The van der Waals surface area contributed by atoms with Gasteiger partial charge >= 0.3 is 0 Å². The van der Waals surface area contributed by atoms with Crippen LogP contribution in [0, 0.1) is 5.92 Å². The SMILES string of the molecule is CCN(CC)C(=O)CCOCC(C)C. The van der Waals surface area contributed by atoms with Crippen molar-refractivity contribution in [1.29, 1.82) is 0 Å². The molecule has 0 rings (SSSR count). The zero-order chi connectivity index (χ0) is 11.0. The van der Waals surface area contributed by atoms with Gasteiger partial charge in [0.25, 0.3) is 0 Å². The van der Waals surface area contributed by atoms with E-state index in [9.17, 15) is 4.79 Å². The highest BCUT2D eigenvalue weighted by atomic mass is 16.5. The summed E-state index contributed by atoms with van der Waals surface area (Å²) in [7, 11) is 0. The number of ether oxygens (including phenoxy) is 1. The van der Waals surface area contributed by atoms with E-state index in [0.29, 0.717) is 18.9 Å². The van der Waals surface area contributed by atoms with Crippen molar-refractivity contribution in [3.05, 3.63) is 0 Å². The monoisotopic (exact) mass is 201 g/mol. The molecule has 0 saturated heterocycles. The fourth-order valence-corrected chi connectivity index (χ4v) is 1.21. The predicted molar refractivity (Wildman–Crippen MR) is 58.2 cm³/mol. The van der Waals surface area contributed by atoms with Crippen molar-refractivity contribution in [3.63, 3.8) is 0 Å². The predicted octanol–water partition coefficient (Wildman–Crippen LogP) is 1.92. The molecule has 3 heteroatoms. The Morgan fingerprint density at radius 3 is 2.29 bits per heavy atom. The third kappa shape index (κ3) is 5.97. The molecule has 0 aromatic rings. The van der Waals surface area contributed by atoms with Gasteiger partial charge in [-0.3, -0.25) is 4.79 Å². The van der Waals surface area contributed by atoms with E-state index >= 15 is 0 Å². The van der Waals surface area contributed by atoms with Gasteiger partial charge in [0.15, 0.2) is 0 Å². The lowest BCUT2D eigenvalue weighted by molar-refractivity contribution is -0.132. The van der Waals surface area contributed by atoms with Gasteiger partial charge in [-0.25, -0.2) is 0 Å². The minimum absolute atomic E-state index is 0.193. The Labute approximate surface area is 87.4 Å². The van der Waals surface area contributed by atoms with E-state index in [4.69, 9.17) is 4.74 Å². The van der Waals surface area contributed by atoms with Crippen molar-refractivity contribution < 1.29 is 9.53 Å². The molecule has 14 heavy (non-hydrogen) atoms. The molecule has 84 valence electrons.